The monoisotopic (exact) mass is 467 g/mol. The molecule has 3 saturated carbocycles. The molecule has 6 aliphatic rings. The molecule has 1 heterocycles. The van der Waals surface area contributed by atoms with Crippen molar-refractivity contribution in [3.05, 3.63) is 47.0 Å². The molecule has 2 bridgehead atoms. The molecule has 1 aliphatic heterocycles. The van der Waals surface area contributed by atoms with Crippen molar-refractivity contribution < 1.29 is 23.9 Å². The lowest BCUT2D eigenvalue weighted by Crippen LogP contribution is -2.44. The minimum atomic E-state index is -0.383. The Kier molecular flexibility index (Phi) is 4.98. The summed E-state index contributed by atoms with van der Waals surface area (Å²) in [4.78, 5) is 52.9. The highest BCUT2D eigenvalue weighted by molar-refractivity contribution is 6.30. The molecule has 172 valence electrons. The predicted molar refractivity (Wildman–Crippen MR) is 119 cm³/mol. The maximum atomic E-state index is 13.3. The third kappa shape index (κ3) is 3.37. The van der Waals surface area contributed by atoms with Crippen LogP contribution in [-0.4, -0.2) is 41.1 Å². The molecule has 1 aromatic carbocycles. The van der Waals surface area contributed by atoms with E-state index in [9.17, 15) is 19.2 Å². The number of esters is 1. The highest BCUT2D eigenvalue weighted by Crippen LogP contribution is 2.65. The van der Waals surface area contributed by atoms with Crippen molar-refractivity contribution in [3.8, 4) is 0 Å². The molecule has 0 N–H and O–H groups in total. The van der Waals surface area contributed by atoms with Gasteiger partial charge in [0.25, 0.3) is 0 Å². The summed E-state index contributed by atoms with van der Waals surface area (Å²) in [6.45, 7) is -0.301. The molecule has 33 heavy (non-hydrogen) atoms. The SMILES string of the molecule is O=C(COC(=O)C1CCC(N2C(=O)C3C4C=CC(C5CC45)C3C2=O)CC1)c1ccc(Cl)cc1. The summed E-state index contributed by atoms with van der Waals surface area (Å²) >= 11 is 5.84. The third-order valence-electron chi connectivity index (χ3n) is 8.60. The molecule has 6 nitrogen and oxygen atoms in total. The van der Waals surface area contributed by atoms with E-state index in [1.807, 2.05) is 0 Å². The Morgan fingerprint density at radius 3 is 2.06 bits per heavy atom. The van der Waals surface area contributed by atoms with Gasteiger partial charge in [-0.3, -0.25) is 24.1 Å². The number of ketones is 1. The van der Waals surface area contributed by atoms with Crippen molar-refractivity contribution in [2.45, 2.75) is 38.1 Å². The van der Waals surface area contributed by atoms with Crippen LogP contribution in [0.3, 0.4) is 0 Å². The smallest absolute Gasteiger partial charge is 0.309 e. The van der Waals surface area contributed by atoms with Crippen LogP contribution < -0.4 is 0 Å². The van der Waals surface area contributed by atoms with Gasteiger partial charge in [0.1, 0.15) is 0 Å². The second-order valence-electron chi connectivity index (χ2n) is 10.2. The molecule has 5 aliphatic carbocycles. The van der Waals surface area contributed by atoms with Gasteiger partial charge >= 0.3 is 5.97 Å². The zero-order chi connectivity index (χ0) is 22.9. The fourth-order valence-electron chi connectivity index (χ4n) is 6.88. The molecule has 1 aromatic rings. The van der Waals surface area contributed by atoms with Gasteiger partial charge in [-0.25, -0.2) is 0 Å². The van der Waals surface area contributed by atoms with Crippen LogP contribution in [0.5, 0.6) is 0 Å². The van der Waals surface area contributed by atoms with Crippen molar-refractivity contribution in [2.75, 3.05) is 6.61 Å². The Labute approximate surface area is 197 Å². The topological polar surface area (TPSA) is 80.8 Å². The van der Waals surface area contributed by atoms with E-state index in [1.165, 1.54) is 0 Å². The van der Waals surface area contributed by atoms with Gasteiger partial charge in [-0.2, -0.15) is 0 Å². The average molecular weight is 468 g/mol. The number of amides is 2. The maximum Gasteiger partial charge on any atom is 0.309 e. The van der Waals surface area contributed by atoms with E-state index in [1.54, 1.807) is 29.2 Å². The summed E-state index contributed by atoms with van der Waals surface area (Å²) in [6.07, 6.45) is 7.86. The number of rotatable bonds is 5. The number of imide groups is 1. The summed E-state index contributed by atoms with van der Waals surface area (Å²) < 4.78 is 5.28. The number of hydrogen-bond acceptors (Lipinski definition) is 5. The van der Waals surface area contributed by atoms with E-state index in [4.69, 9.17) is 16.3 Å². The Balaban J connectivity index is 1.04. The molecular weight excluding hydrogens is 442 g/mol. The lowest BCUT2D eigenvalue weighted by Gasteiger charge is -2.37. The molecule has 0 spiro atoms. The number of nitrogens with zero attached hydrogens (tertiary/aromatic N) is 1. The predicted octanol–water partition coefficient (Wildman–Crippen LogP) is 3.68. The van der Waals surface area contributed by atoms with Crippen LogP contribution in [0.4, 0.5) is 0 Å². The summed E-state index contributed by atoms with van der Waals surface area (Å²) in [5.74, 6) is 0.376. The number of Topliss-reactive ketones (excluding diaryl/α,β-unsaturated/α-hetero) is 1. The molecule has 0 radical (unpaired) electrons. The summed E-state index contributed by atoms with van der Waals surface area (Å²) in [5.41, 5.74) is 0.449. The Morgan fingerprint density at radius 2 is 1.48 bits per heavy atom. The van der Waals surface area contributed by atoms with E-state index in [0.29, 0.717) is 48.1 Å². The van der Waals surface area contributed by atoms with Crippen LogP contribution in [0.25, 0.3) is 0 Å². The first kappa shape index (κ1) is 21.1. The largest absolute Gasteiger partial charge is 0.457 e. The van der Waals surface area contributed by atoms with Gasteiger partial charge in [0, 0.05) is 16.6 Å². The first-order valence-corrected chi connectivity index (χ1v) is 12.3. The zero-order valence-corrected chi connectivity index (χ0v) is 18.9. The van der Waals surface area contributed by atoms with Gasteiger partial charge < -0.3 is 4.74 Å². The third-order valence-corrected chi connectivity index (χ3v) is 8.86. The van der Waals surface area contributed by atoms with Crippen LogP contribution in [0.1, 0.15) is 42.5 Å². The standard InChI is InChI=1S/C26H26ClNO5/c27-15-5-1-13(2-6-15)21(29)12-33-26(32)14-3-7-16(8-4-14)28-24(30)22-17-9-10-18(20-11-19(17)20)23(22)25(28)31/h1-2,5-6,9-10,14,16-20,22-23H,3-4,7-8,11-12H2. The molecule has 1 saturated heterocycles. The maximum absolute atomic E-state index is 13.3. The molecule has 6 unspecified atom stereocenters. The number of likely N-dealkylation sites (tertiary alicyclic amines) is 1. The van der Waals surface area contributed by atoms with Gasteiger partial charge in [-0.05, 0) is 80.0 Å². The van der Waals surface area contributed by atoms with Gasteiger partial charge in [0.05, 0.1) is 17.8 Å². The molecule has 4 fully saturated rings. The fourth-order valence-corrected chi connectivity index (χ4v) is 7.01. The van der Waals surface area contributed by atoms with E-state index in [0.717, 1.165) is 6.42 Å². The molecule has 0 aromatic heterocycles. The van der Waals surface area contributed by atoms with E-state index in [-0.39, 0.29) is 65.8 Å². The lowest BCUT2D eigenvalue weighted by molar-refractivity contribution is -0.149. The number of carbonyl (C=O) groups is 4. The number of hydrogen-bond donors (Lipinski definition) is 0. The number of carbonyl (C=O) groups excluding carboxylic acids is 4. The van der Waals surface area contributed by atoms with Crippen molar-refractivity contribution in [1.29, 1.82) is 0 Å². The Morgan fingerprint density at radius 1 is 0.909 bits per heavy atom. The molecule has 7 rings (SSSR count). The average Bonchev–Trinajstić information content (AvgIpc) is 3.61. The van der Waals surface area contributed by atoms with Gasteiger partial charge in [0.15, 0.2) is 12.4 Å². The van der Waals surface area contributed by atoms with Crippen LogP contribution in [0.15, 0.2) is 36.4 Å². The zero-order valence-electron chi connectivity index (χ0n) is 18.2. The number of halogens is 1. The van der Waals surface area contributed by atoms with E-state index < -0.39 is 0 Å². The lowest BCUT2D eigenvalue weighted by atomic mass is 9.63. The first-order valence-electron chi connectivity index (χ1n) is 11.9. The summed E-state index contributed by atoms with van der Waals surface area (Å²) in [7, 11) is 0. The minimum Gasteiger partial charge on any atom is -0.457 e. The molecular formula is C26H26ClNO5. The Bertz CT molecular complexity index is 1020. The fraction of sp³-hybridized carbons (Fsp3) is 0.538. The van der Waals surface area contributed by atoms with Gasteiger partial charge in [-0.1, -0.05) is 23.8 Å². The summed E-state index contributed by atoms with van der Waals surface area (Å²) in [5, 5.41) is 0.537. The van der Waals surface area contributed by atoms with Gasteiger partial charge in [-0.15, -0.1) is 0 Å². The Hall–Kier alpha value is -2.47. The highest BCUT2D eigenvalue weighted by atomic mass is 35.5. The van der Waals surface area contributed by atoms with E-state index >= 15 is 0 Å². The van der Waals surface area contributed by atoms with Crippen molar-refractivity contribution in [1.82, 2.24) is 4.90 Å². The van der Waals surface area contributed by atoms with E-state index in [2.05, 4.69) is 12.2 Å². The number of ether oxygens (including phenoxy) is 1. The minimum absolute atomic E-state index is 0.00860. The number of benzene rings is 1. The van der Waals surface area contributed by atoms with Crippen molar-refractivity contribution >= 4 is 35.2 Å². The van der Waals surface area contributed by atoms with Crippen molar-refractivity contribution in [3.63, 3.8) is 0 Å². The van der Waals surface area contributed by atoms with Crippen LogP contribution in [-0.2, 0) is 19.1 Å². The van der Waals surface area contributed by atoms with Crippen LogP contribution in [0, 0.1) is 41.4 Å². The van der Waals surface area contributed by atoms with Crippen LogP contribution in [0.2, 0.25) is 5.02 Å². The van der Waals surface area contributed by atoms with Gasteiger partial charge in [0.2, 0.25) is 11.8 Å². The molecule has 6 atom stereocenters. The van der Waals surface area contributed by atoms with Crippen LogP contribution >= 0.6 is 11.6 Å². The van der Waals surface area contributed by atoms with Crippen molar-refractivity contribution in [2.24, 2.45) is 41.4 Å². The normalized spacial score (nSPS) is 38.2. The quantitative estimate of drug-likeness (QED) is 0.285. The number of allylic oxidation sites excluding steroid dienone is 2. The summed E-state index contributed by atoms with van der Waals surface area (Å²) in [6, 6.07) is 6.33. The highest BCUT2D eigenvalue weighted by Gasteiger charge is 2.67. The molecule has 7 heteroatoms. The second-order valence-corrected chi connectivity index (χ2v) is 10.7. The first-order chi connectivity index (χ1) is 15.9. The molecule has 2 amide bonds. The second kappa shape index (κ2) is 7.79.